The van der Waals surface area contributed by atoms with E-state index in [4.69, 9.17) is 0 Å². The zero-order valence-electron chi connectivity index (χ0n) is 10.3. The maximum atomic E-state index is 12.9. The van der Waals surface area contributed by atoms with Crippen LogP contribution in [0, 0.1) is 11.6 Å². The van der Waals surface area contributed by atoms with Crippen LogP contribution in [0.2, 0.25) is 0 Å². The lowest BCUT2D eigenvalue weighted by molar-refractivity contribution is 0.252. The van der Waals surface area contributed by atoms with Crippen molar-refractivity contribution in [2.75, 3.05) is 5.32 Å². The van der Waals surface area contributed by atoms with E-state index in [9.17, 15) is 13.6 Å². The molecule has 0 fully saturated rings. The van der Waals surface area contributed by atoms with Gasteiger partial charge in [0.2, 0.25) is 0 Å². The molecule has 0 unspecified atom stereocenters. The van der Waals surface area contributed by atoms with Crippen molar-refractivity contribution in [1.29, 1.82) is 0 Å². The maximum Gasteiger partial charge on any atom is 0.339 e. The highest BCUT2D eigenvalue weighted by Gasteiger charge is 2.01. The largest absolute Gasteiger partial charge is 0.339 e. The Morgan fingerprint density at radius 2 is 1.80 bits per heavy atom. The Labute approximate surface area is 114 Å². The second kappa shape index (κ2) is 6.42. The van der Waals surface area contributed by atoms with Crippen LogP contribution >= 0.6 is 0 Å². The highest BCUT2D eigenvalue weighted by Crippen LogP contribution is 2.07. The first-order valence-corrected chi connectivity index (χ1v) is 5.75. The molecule has 4 nitrogen and oxygen atoms in total. The van der Waals surface area contributed by atoms with Gasteiger partial charge >= 0.3 is 6.03 Å². The molecule has 0 atom stereocenters. The van der Waals surface area contributed by atoms with Gasteiger partial charge in [-0.1, -0.05) is 24.3 Å². The molecule has 0 spiro atoms. The molecule has 6 heteroatoms. The van der Waals surface area contributed by atoms with Crippen LogP contribution < -0.4 is 10.7 Å². The first kappa shape index (κ1) is 13.7. The molecule has 0 aliphatic carbocycles. The summed E-state index contributed by atoms with van der Waals surface area (Å²) < 4.78 is 25.6. The number of para-hydroxylation sites is 1. The van der Waals surface area contributed by atoms with Gasteiger partial charge in [0, 0.05) is 5.69 Å². The minimum absolute atomic E-state index is 0.337. The molecule has 2 N–H and O–H groups in total. The van der Waals surface area contributed by atoms with Gasteiger partial charge in [-0.2, -0.15) is 5.10 Å². The lowest BCUT2D eigenvalue weighted by atomic mass is 10.2. The van der Waals surface area contributed by atoms with Crippen LogP contribution in [0.25, 0.3) is 0 Å². The number of halogens is 2. The lowest BCUT2D eigenvalue weighted by Crippen LogP contribution is -2.24. The third-order valence-corrected chi connectivity index (χ3v) is 2.36. The maximum absolute atomic E-state index is 12.9. The van der Waals surface area contributed by atoms with Crippen LogP contribution in [0.5, 0.6) is 0 Å². The molecule has 0 aromatic heterocycles. The third-order valence-electron chi connectivity index (χ3n) is 2.36. The Morgan fingerprint density at radius 3 is 2.50 bits per heavy atom. The normalized spacial score (nSPS) is 10.5. The number of amides is 2. The minimum atomic E-state index is -0.970. The summed E-state index contributed by atoms with van der Waals surface area (Å²) in [5, 5.41) is 6.18. The SMILES string of the molecule is O=C(N/N=C\c1ccc(F)c(F)c1)Nc1ccccc1. The molecule has 0 aliphatic rings. The fourth-order valence-corrected chi connectivity index (χ4v) is 1.44. The van der Waals surface area contributed by atoms with Gasteiger partial charge in [0.05, 0.1) is 6.21 Å². The molecule has 0 bridgehead atoms. The van der Waals surface area contributed by atoms with Crippen molar-refractivity contribution < 1.29 is 13.6 Å². The molecule has 0 aliphatic heterocycles. The van der Waals surface area contributed by atoms with Crippen LogP contribution in [0.1, 0.15) is 5.56 Å². The summed E-state index contributed by atoms with van der Waals surface area (Å²) in [6.07, 6.45) is 1.22. The second-order valence-corrected chi connectivity index (χ2v) is 3.86. The molecule has 20 heavy (non-hydrogen) atoms. The van der Waals surface area contributed by atoms with Crippen LogP contribution in [0.4, 0.5) is 19.3 Å². The van der Waals surface area contributed by atoms with E-state index < -0.39 is 17.7 Å². The van der Waals surface area contributed by atoms with Gasteiger partial charge in [0.25, 0.3) is 0 Å². The van der Waals surface area contributed by atoms with E-state index in [2.05, 4.69) is 15.8 Å². The number of hydrazone groups is 1. The summed E-state index contributed by atoms with van der Waals surface area (Å²) in [5.74, 6) is -1.90. The predicted octanol–water partition coefficient (Wildman–Crippen LogP) is 3.12. The van der Waals surface area contributed by atoms with Crippen LogP contribution in [0.3, 0.4) is 0 Å². The van der Waals surface area contributed by atoms with Crippen molar-refractivity contribution in [3.8, 4) is 0 Å². The smallest absolute Gasteiger partial charge is 0.307 e. The summed E-state index contributed by atoms with van der Waals surface area (Å²) >= 11 is 0. The molecule has 0 radical (unpaired) electrons. The summed E-state index contributed by atoms with van der Waals surface area (Å²) in [5.41, 5.74) is 3.17. The number of benzene rings is 2. The minimum Gasteiger partial charge on any atom is -0.307 e. The van der Waals surface area contributed by atoms with Crippen molar-refractivity contribution in [2.24, 2.45) is 5.10 Å². The lowest BCUT2D eigenvalue weighted by Gasteiger charge is -2.03. The molecule has 2 aromatic rings. The van der Waals surface area contributed by atoms with Crippen LogP contribution in [-0.4, -0.2) is 12.2 Å². The number of nitrogens with zero attached hydrogens (tertiary/aromatic N) is 1. The second-order valence-electron chi connectivity index (χ2n) is 3.86. The van der Waals surface area contributed by atoms with Gasteiger partial charge in [-0.25, -0.2) is 19.0 Å². The topological polar surface area (TPSA) is 53.5 Å². The van der Waals surface area contributed by atoms with Crippen molar-refractivity contribution in [1.82, 2.24) is 5.43 Å². The molecule has 0 heterocycles. The van der Waals surface area contributed by atoms with E-state index in [0.29, 0.717) is 11.3 Å². The summed E-state index contributed by atoms with van der Waals surface area (Å²) in [6.45, 7) is 0. The Bertz CT molecular complexity index is 630. The predicted molar refractivity (Wildman–Crippen MR) is 72.5 cm³/mol. The number of carbonyl (C=O) groups excluding carboxylic acids is 1. The summed E-state index contributed by atoms with van der Waals surface area (Å²) in [4.78, 5) is 11.5. The van der Waals surface area contributed by atoms with Gasteiger partial charge in [-0.15, -0.1) is 0 Å². The van der Waals surface area contributed by atoms with Crippen molar-refractivity contribution in [3.05, 3.63) is 65.7 Å². The highest BCUT2D eigenvalue weighted by atomic mass is 19.2. The van der Waals surface area contributed by atoms with Crippen molar-refractivity contribution in [3.63, 3.8) is 0 Å². The number of hydrogen-bond acceptors (Lipinski definition) is 2. The Morgan fingerprint density at radius 1 is 1.05 bits per heavy atom. The monoisotopic (exact) mass is 275 g/mol. The number of anilines is 1. The van der Waals surface area contributed by atoms with Crippen LogP contribution in [-0.2, 0) is 0 Å². The molecule has 0 saturated heterocycles. The van der Waals surface area contributed by atoms with Gasteiger partial charge < -0.3 is 5.32 Å². The quantitative estimate of drug-likeness (QED) is 0.656. The van der Waals surface area contributed by atoms with E-state index >= 15 is 0 Å². The first-order valence-electron chi connectivity index (χ1n) is 5.75. The number of rotatable bonds is 3. The van der Waals surface area contributed by atoms with E-state index in [1.165, 1.54) is 12.3 Å². The first-order chi connectivity index (χ1) is 9.65. The molecule has 102 valence electrons. The average molecular weight is 275 g/mol. The van der Waals surface area contributed by atoms with Gasteiger partial charge in [0.15, 0.2) is 11.6 Å². The number of hydrogen-bond donors (Lipinski definition) is 2. The molecule has 2 amide bonds. The Hall–Kier alpha value is -2.76. The molecule has 0 saturated carbocycles. The van der Waals surface area contributed by atoms with Gasteiger partial charge in [0.1, 0.15) is 0 Å². The number of carbonyl (C=O) groups is 1. The van der Waals surface area contributed by atoms with Gasteiger partial charge in [-0.3, -0.25) is 0 Å². The molecule has 2 aromatic carbocycles. The number of urea groups is 1. The van der Waals surface area contributed by atoms with E-state index in [1.54, 1.807) is 24.3 Å². The summed E-state index contributed by atoms with van der Waals surface area (Å²) in [7, 11) is 0. The fraction of sp³-hybridized carbons (Fsp3) is 0. The van der Waals surface area contributed by atoms with E-state index in [0.717, 1.165) is 12.1 Å². The highest BCUT2D eigenvalue weighted by molar-refractivity contribution is 5.90. The molecular formula is C14H11F2N3O. The molecule has 2 rings (SSSR count). The van der Waals surface area contributed by atoms with E-state index in [1.807, 2.05) is 6.07 Å². The van der Waals surface area contributed by atoms with Crippen molar-refractivity contribution in [2.45, 2.75) is 0 Å². The zero-order valence-corrected chi connectivity index (χ0v) is 10.3. The standard InChI is InChI=1S/C14H11F2N3O/c15-12-7-6-10(8-13(12)16)9-17-19-14(20)18-11-4-2-1-3-5-11/h1-9H,(H2,18,19,20)/b17-9-. The Kier molecular flexibility index (Phi) is 4.39. The van der Waals surface area contributed by atoms with E-state index in [-0.39, 0.29) is 0 Å². The molecular weight excluding hydrogens is 264 g/mol. The summed E-state index contributed by atoms with van der Waals surface area (Å²) in [6, 6.07) is 11.6. The number of nitrogens with one attached hydrogen (secondary N) is 2. The fourth-order valence-electron chi connectivity index (χ4n) is 1.44. The Balaban J connectivity index is 1.89. The zero-order chi connectivity index (χ0) is 14.4. The average Bonchev–Trinajstić information content (AvgIpc) is 2.44. The van der Waals surface area contributed by atoms with Gasteiger partial charge in [-0.05, 0) is 29.8 Å². The third kappa shape index (κ3) is 3.88. The van der Waals surface area contributed by atoms with Crippen molar-refractivity contribution >= 4 is 17.9 Å². The van der Waals surface area contributed by atoms with Crippen LogP contribution in [0.15, 0.2) is 53.6 Å².